The lowest BCUT2D eigenvalue weighted by Gasteiger charge is -2.04. The molecule has 0 aliphatic rings. The predicted molar refractivity (Wildman–Crippen MR) is 47.4 cm³/mol. The number of hydrogen-bond donors (Lipinski definition) is 0. The van der Waals surface area contributed by atoms with Crippen LogP contribution in [-0.2, 0) is 0 Å². The zero-order chi connectivity index (χ0) is 7.98. The number of halogens is 2. The molecular formula is C8H13Cl2. The Labute approximate surface area is 73.2 Å². The fraction of sp³-hybridized carbons (Fsp3) is 0.750. The second kappa shape index (κ2) is 6.06. The molecule has 0 nitrogen and oxygen atoms in total. The Morgan fingerprint density at radius 3 is 2.50 bits per heavy atom. The molecule has 1 unspecified atom stereocenters. The minimum Gasteiger partial charge on any atom is -0.117 e. The smallest absolute Gasteiger partial charge is 0.0692 e. The molecule has 0 aromatic rings. The molecule has 0 bridgehead atoms. The highest BCUT2D eigenvalue weighted by molar-refractivity contribution is 6.36. The quantitative estimate of drug-likeness (QED) is 0.446. The highest BCUT2D eigenvalue weighted by Gasteiger charge is 2.04. The molecule has 0 rings (SSSR count). The third-order valence-electron chi connectivity index (χ3n) is 1.36. The van der Waals surface area contributed by atoms with Gasteiger partial charge in [0.25, 0.3) is 0 Å². The summed E-state index contributed by atoms with van der Waals surface area (Å²) in [4.78, 5) is 0. The first-order valence-corrected chi connectivity index (χ1v) is 4.41. The molecule has 0 aromatic heterocycles. The maximum atomic E-state index is 5.76. The van der Waals surface area contributed by atoms with E-state index < -0.39 is 0 Å². The van der Waals surface area contributed by atoms with Crippen molar-refractivity contribution in [2.45, 2.75) is 38.0 Å². The Balaban J connectivity index is 3.21. The summed E-state index contributed by atoms with van der Waals surface area (Å²) in [6, 6.07) is 0. The van der Waals surface area contributed by atoms with Crippen LogP contribution in [0.3, 0.4) is 0 Å². The van der Waals surface area contributed by atoms with Crippen molar-refractivity contribution in [3.63, 3.8) is 0 Å². The third-order valence-corrected chi connectivity index (χ3v) is 2.19. The van der Waals surface area contributed by atoms with E-state index >= 15 is 0 Å². The van der Waals surface area contributed by atoms with Gasteiger partial charge in [-0.05, 0) is 13.0 Å². The lowest BCUT2D eigenvalue weighted by atomic mass is 10.1. The van der Waals surface area contributed by atoms with Crippen LogP contribution < -0.4 is 0 Å². The number of rotatable bonds is 5. The third kappa shape index (κ3) is 5.13. The maximum Gasteiger partial charge on any atom is 0.0692 e. The number of unbranched alkanes of at least 4 members (excludes halogenated alkanes) is 2. The Bertz CT molecular complexity index is 99.4. The average molecular weight is 180 g/mol. The van der Waals surface area contributed by atoms with E-state index in [0.717, 1.165) is 12.8 Å². The van der Waals surface area contributed by atoms with Gasteiger partial charge in [-0.3, -0.25) is 0 Å². The summed E-state index contributed by atoms with van der Waals surface area (Å²) in [5.41, 5.74) is 0. The lowest BCUT2D eigenvalue weighted by molar-refractivity contribution is 0.675. The van der Waals surface area contributed by atoms with Gasteiger partial charge in [0.1, 0.15) is 0 Å². The molecule has 1 atom stereocenters. The minimum atomic E-state index is -0.145. The van der Waals surface area contributed by atoms with Gasteiger partial charge in [0.15, 0.2) is 0 Å². The van der Waals surface area contributed by atoms with Gasteiger partial charge < -0.3 is 0 Å². The molecule has 1 radical (unpaired) electrons. The molecular weight excluding hydrogens is 167 g/mol. The van der Waals surface area contributed by atoms with Crippen molar-refractivity contribution in [2.75, 3.05) is 0 Å². The molecule has 2 heteroatoms. The molecule has 0 aliphatic heterocycles. The maximum absolute atomic E-state index is 5.76. The largest absolute Gasteiger partial charge is 0.117 e. The van der Waals surface area contributed by atoms with Crippen molar-refractivity contribution < 1.29 is 0 Å². The average Bonchev–Trinajstić information content (AvgIpc) is 1.88. The van der Waals surface area contributed by atoms with Crippen LogP contribution in [0.25, 0.3) is 0 Å². The van der Waals surface area contributed by atoms with Crippen molar-refractivity contribution in [3.05, 3.63) is 11.6 Å². The Kier molecular flexibility index (Phi) is 6.25. The van der Waals surface area contributed by atoms with Crippen molar-refractivity contribution in [1.82, 2.24) is 0 Å². The van der Waals surface area contributed by atoms with Crippen molar-refractivity contribution in [1.29, 1.82) is 0 Å². The second-order valence-electron chi connectivity index (χ2n) is 2.35. The fourth-order valence-electron chi connectivity index (χ4n) is 0.711. The first kappa shape index (κ1) is 10.3. The van der Waals surface area contributed by atoms with Gasteiger partial charge >= 0.3 is 0 Å². The number of hydrogen-bond acceptors (Lipinski definition) is 0. The van der Waals surface area contributed by atoms with E-state index in [1.807, 2.05) is 0 Å². The SMILES string of the molecule is [CH]=C(Cl)C(Cl)CCCCC. The van der Waals surface area contributed by atoms with E-state index in [1.165, 1.54) is 12.8 Å². The van der Waals surface area contributed by atoms with Crippen molar-refractivity contribution in [3.8, 4) is 0 Å². The highest BCUT2D eigenvalue weighted by atomic mass is 35.5. The van der Waals surface area contributed by atoms with Crippen LogP contribution in [0.4, 0.5) is 0 Å². The summed E-state index contributed by atoms with van der Waals surface area (Å²) in [7, 11) is 0. The van der Waals surface area contributed by atoms with E-state index in [0.29, 0.717) is 5.03 Å². The van der Waals surface area contributed by atoms with Crippen molar-refractivity contribution >= 4 is 23.2 Å². The molecule has 10 heavy (non-hydrogen) atoms. The number of allylic oxidation sites excluding steroid dienone is 1. The molecule has 0 aromatic carbocycles. The van der Waals surface area contributed by atoms with Crippen LogP contribution in [0.15, 0.2) is 5.03 Å². The first-order chi connectivity index (χ1) is 4.68. The van der Waals surface area contributed by atoms with Crippen LogP contribution >= 0.6 is 23.2 Å². The van der Waals surface area contributed by atoms with Gasteiger partial charge in [0.2, 0.25) is 0 Å². The molecule has 0 saturated heterocycles. The van der Waals surface area contributed by atoms with E-state index in [4.69, 9.17) is 29.8 Å². The standard InChI is InChI=1S/C8H13Cl2/c1-3-4-5-6-8(10)7(2)9/h2,8H,3-6H2,1H3. The normalized spacial score (nSPS) is 13.1. The number of alkyl halides is 1. The predicted octanol–water partition coefficient (Wildman–Crippen LogP) is 3.73. The van der Waals surface area contributed by atoms with E-state index in [1.54, 1.807) is 0 Å². The summed E-state index contributed by atoms with van der Waals surface area (Å²) < 4.78 is 0. The molecule has 0 heterocycles. The summed E-state index contributed by atoms with van der Waals surface area (Å²) in [6.45, 7) is 7.42. The molecule has 0 N–H and O–H groups in total. The monoisotopic (exact) mass is 179 g/mol. The summed E-state index contributed by atoms with van der Waals surface area (Å²) in [6.07, 6.45) is 4.40. The molecule has 0 saturated carbocycles. The van der Waals surface area contributed by atoms with E-state index in [2.05, 4.69) is 6.92 Å². The Morgan fingerprint density at radius 2 is 2.10 bits per heavy atom. The van der Waals surface area contributed by atoms with Gasteiger partial charge in [-0.2, -0.15) is 0 Å². The van der Waals surface area contributed by atoms with Crippen molar-refractivity contribution in [2.24, 2.45) is 0 Å². The van der Waals surface area contributed by atoms with Crippen LogP contribution in [0.2, 0.25) is 0 Å². The molecule has 0 spiro atoms. The zero-order valence-electron chi connectivity index (χ0n) is 6.24. The Morgan fingerprint density at radius 1 is 1.50 bits per heavy atom. The summed E-state index contributed by atoms with van der Waals surface area (Å²) >= 11 is 11.2. The Hall–Kier alpha value is 0.320. The molecule has 0 fully saturated rings. The first-order valence-electron chi connectivity index (χ1n) is 3.60. The highest BCUT2D eigenvalue weighted by Crippen LogP contribution is 2.18. The molecule has 59 valence electrons. The molecule has 0 amide bonds. The van der Waals surface area contributed by atoms with Crippen LogP contribution in [0, 0.1) is 6.58 Å². The van der Waals surface area contributed by atoms with Crippen LogP contribution in [0.1, 0.15) is 32.6 Å². The molecule has 0 aliphatic carbocycles. The fourth-order valence-corrected chi connectivity index (χ4v) is 0.975. The van der Waals surface area contributed by atoms with E-state index in [9.17, 15) is 0 Å². The van der Waals surface area contributed by atoms with Gasteiger partial charge in [-0.15, -0.1) is 11.6 Å². The lowest BCUT2D eigenvalue weighted by Crippen LogP contribution is -1.96. The van der Waals surface area contributed by atoms with E-state index in [-0.39, 0.29) is 5.38 Å². The van der Waals surface area contributed by atoms with Gasteiger partial charge in [-0.25, -0.2) is 0 Å². The van der Waals surface area contributed by atoms with Gasteiger partial charge in [0.05, 0.1) is 5.38 Å². The minimum absolute atomic E-state index is 0.145. The van der Waals surface area contributed by atoms with Gasteiger partial charge in [0, 0.05) is 5.03 Å². The summed E-state index contributed by atoms with van der Waals surface area (Å²) in [5, 5.41) is 0.172. The zero-order valence-corrected chi connectivity index (χ0v) is 7.75. The van der Waals surface area contributed by atoms with Crippen LogP contribution in [0.5, 0.6) is 0 Å². The van der Waals surface area contributed by atoms with Gasteiger partial charge in [-0.1, -0.05) is 37.8 Å². The second-order valence-corrected chi connectivity index (χ2v) is 3.31. The van der Waals surface area contributed by atoms with Crippen LogP contribution in [-0.4, -0.2) is 5.38 Å². The summed E-state index contributed by atoms with van der Waals surface area (Å²) in [5.74, 6) is 0. The topological polar surface area (TPSA) is 0 Å².